The van der Waals surface area contributed by atoms with Gasteiger partial charge in [0.2, 0.25) is 6.79 Å². The van der Waals surface area contributed by atoms with E-state index in [1.165, 1.54) is 0 Å². The van der Waals surface area contributed by atoms with E-state index in [1.807, 2.05) is 30.3 Å². The van der Waals surface area contributed by atoms with Gasteiger partial charge in [-0.2, -0.15) is 0 Å². The highest BCUT2D eigenvalue weighted by molar-refractivity contribution is 7.93. The highest BCUT2D eigenvalue weighted by Gasteiger charge is 2.22. The van der Waals surface area contributed by atoms with Crippen molar-refractivity contribution in [3.63, 3.8) is 0 Å². The van der Waals surface area contributed by atoms with Crippen LogP contribution >= 0.6 is 0 Å². The van der Waals surface area contributed by atoms with E-state index < -0.39 is 10.0 Å². The Kier molecular flexibility index (Phi) is 3.12. The molecule has 0 spiro atoms. The molecule has 0 unspecified atom stereocenters. The smallest absolute Gasteiger partial charge is 0.277 e. The van der Waals surface area contributed by atoms with Crippen molar-refractivity contribution in [2.45, 2.75) is 6.54 Å². The standard InChI is InChI=1S/C10H11NO4S/c12-16(13,10-7-14-8-15-10)11-6-9-4-2-1-3-5-9/h1-5,7,11H,6,8H2. The van der Waals surface area contributed by atoms with Gasteiger partial charge in [-0.25, -0.2) is 13.1 Å². The largest absolute Gasteiger partial charge is 0.460 e. The van der Waals surface area contributed by atoms with Gasteiger partial charge < -0.3 is 9.47 Å². The van der Waals surface area contributed by atoms with E-state index in [0.29, 0.717) is 0 Å². The van der Waals surface area contributed by atoms with Gasteiger partial charge in [0, 0.05) is 6.54 Å². The number of hydrogen-bond donors (Lipinski definition) is 1. The van der Waals surface area contributed by atoms with Gasteiger partial charge >= 0.3 is 0 Å². The molecule has 1 aromatic carbocycles. The molecule has 0 aliphatic carbocycles. The minimum Gasteiger partial charge on any atom is -0.460 e. The molecule has 0 amide bonds. The van der Waals surface area contributed by atoms with Crippen LogP contribution in [0, 0.1) is 0 Å². The summed E-state index contributed by atoms with van der Waals surface area (Å²) in [6.07, 6.45) is 1.09. The lowest BCUT2D eigenvalue weighted by atomic mass is 10.2. The van der Waals surface area contributed by atoms with Crippen molar-refractivity contribution in [1.82, 2.24) is 4.72 Å². The van der Waals surface area contributed by atoms with Crippen LogP contribution in [0.2, 0.25) is 0 Å². The third-order valence-electron chi connectivity index (χ3n) is 2.02. The summed E-state index contributed by atoms with van der Waals surface area (Å²) in [6, 6.07) is 9.23. The lowest BCUT2D eigenvalue weighted by Crippen LogP contribution is -2.24. The molecule has 2 rings (SSSR count). The summed E-state index contributed by atoms with van der Waals surface area (Å²) in [7, 11) is -3.59. The minimum atomic E-state index is -3.59. The first-order valence-corrected chi connectivity index (χ1v) is 6.15. The zero-order chi connectivity index (χ0) is 11.4. The molecule has 0 atom stereocenters. The van der Waals surface area contributed by atoms with E-state index in [4.69, 9.17) is 9.47 Å². The molecule has 1 aliphatic rings. The van der Waals surface area contributed by atoms with Crippen LogP contribution in [-0.4, -0.2) is 15.2 Å². The van der Waals surface area contributed by atoms with E-state index >= 15 is 0 Å². The van der Waals surface area contributed by atoms with Crippen LogP contribution in [0.15, 0.2) is 41.7 Å². The normalized spacial score (nSPS) is 15.1. The number of sulfonamides is 1. The van der Waals surface area contributed by atoms with Crippen molar-refractivity contribution in [3.8, 4) is 0 Å². The molecule has 16 heavy (non-hydrogen) atoms. The number of benzene rings is 1. The van der Waals surface area contributed by atoms with E-state index in [9.17, 15) is 8.42 Å². The maximum absolute atomic E-state index is 11.6. The third-order valence-corrected chi connectivity index (χ3v) is 3.29. The van der Waals surface area contributed by atoms with Crippen LogP contribution in [0.1, 0.15) is 5.56 Å². The van der Waals surface area contributed by atoms with Crippen molar-refractivity contribution in [1.29, 1.82) is 0 Å². The van der Waals surface area contributed by atoms with Crippen LogP contribution in [0.25, 0.3) is 0 Å². The molecule has 1 aliphatic heterocycles. The monoisotopic (exact) mass is 241 g/mol. The lowest BCUT2D eigenvalue weighted by Gasteiger charge is -2.05. The van der Waals surface area contributed by atoms with Gasteiger partial charge in [-0.1, -0.05) is 30.3 Å². The fourth-order valence-corrected chi connectivity index (χ4v) is 2.11. The highest BCUT2D eigenvalue weighted by atomic mass is 32.2. The van der Waals surface area contributed by atoms with Crippen LogP contribution in [0.3, 0.4) is 0 Å². The summed E-state index contributed by atoms with van der Waals surface area (Å²) in [5, 5.41) is -0.177. The molecule has 0 fully saturated rings. The first-order valence-electron chi connectivity index (χ1n) is 4.67. The quantitative estimate of drug-likeness (QED) is 0.851. The van der Waals surface area contributed by atoms with Crippen LogP contribution in [0.4, 0.5) is 0 Å². The van der Waals surface area contributed by atoms with Crippen molar-refractivity contribution < 1.29 is 17.9 Å². The summed E-state index contributed by atoms with van der Waals surface area (Å²) in [5.41, 5.74) is 0.880. The molecule has 1 heterocycles. The highest BCUT2D eigenvalue weighted by Crippen LogP contribution is 2.13. The van der Waals surface area contributed by atoms with Crippen LogP contribution in [-0.2, 0) is 26.0 Å². The number of ether oxygens (including phenoxy) is 2. The molecule has 0 radical (unpaired) electrons. The number of rotatable bonds is 4. The average molecular weight is 241 g/mol. The molecule has 86 valence electrons. The van der Waals surface area contributed by atoms with Crippen molar-refractivity contribution >= 4 is 10.0 Å². The summed E-state index contributed by atoms with van der Waals surface area (Å²) < 4.78 is 35.1. The Labute approximate surface area is 93.7 Å². The predicted octanol–water partition coefficient (Wildman–Crippen LogP) is 0.909. The Bertz CT molecular complexity index is 481. The van der Waals surface area contributed by atoms with Gasteiger partial charge in [0.25, 0.3) is 15.1 Å². The van der Waals surface area contributed by atoms with E-state index in [2.05, 4.69) is 4.72 Å². The predicted molar refractivity (Wildman–Crippen MR) is 57.3 cm³/mol. The lowest BCUT2D eigenvalue weighted by molar-refractivity contribution is 0.0874. The Morgan fingerprint density at radius 1 is 1.25 bits per heavy atom. The summed E-state index contributed by atoms with van der Waals surface area (Å²) in [4.78, 5) is 0. The summed E-state index contributed by atoms with van der Waals surface area (Å²) in [6.45, 7) is 0.172. The van der Waals surface area contributed by atoms with E-state index in [-0.39, 0.29) is 18.4 Å². The van der Waals surface area contributed by atoms with Gasteiger partial charge in [-0.05, 0) is 5.56 Å². The minimum absolute atomic E-state index is 0.0540. The Morgan fingerprint density at radius 3 is 2.62 bits per heavy atom. The van der Waals surface area contributed by atoms with Gasteiger partial charge in [-0.3, -0.25) is 0 Å². The van der Waals surface area contributed by atoms with Gasteiger partial charge in [0.1, 0.15) is 6.26 Å². The summed E-state index contributed by atoms with van der Waals surface area (Å²) >= 11 is 0. The molecule has 0 saturated heterocycles. The number of hydrogen-bond acceptors (Lipinski definition) is 4. The summed E-state index contributed by atoms with van der Waals surface area (Å²) in [5.74, 6) is 0. The van der Waals surface area contributed by atoms with Crippen molar-refractivity contribution in [3.05, 3.63) is 47.2 Å². The maximum Gasteiger partial charge on any atom is 0.277 e. The first kappa shape index (κ1) is 11.0. The second-order valence-electron chi connectivity index (χ2n) is 3.18. The molecular weight excluding hydrogens is 230 g/mol. The topological polar surface area (TPSA) is 64.6 Å². The molecule has 0 bridgehead atoms. The third kappa shape index (κ3) is 2.53. The zero-order valence-corrected chi connectivity index (χ0v) is 9.24. The van der Waals surface area contributed by atoms with Crippen molar-refractivity contribution in [2.75, 3.05) is 6.79 Å². The van der Waals surface area contributed by atoms with Gasteiger partial charge in [0.15, 0.2) is 0 Å². The van der Waals surface area contributed by atoms with Crippen LogP contribution in [0.5, 0.6) is 0 Å². The van der Waals surface area contributed by atoms with Crippen molar-refractivity contribution in [2.24, 2.45) is 0 Å². The molecular formula is C10H11NO4S. The Balaban J connectivity index is 2.00. The van der Waals surface area contributed by atoms with E-state index in [1.54, 1.807) is 0 Å². The fourth-order valence-electron chi connectivity index (χ4n) is 1.21. The zero-order valence-electron chi connectivity index (χ0n) is 8.42. The number of nitrogens with one attached hydrogen (secondary N) is 1. The molecule has 1 aromatic rings. The molecule has 5 nitrogen and oxygen atoms in total. The van der Waals surface area contributed by atoms with E-state index in [0.717, 1.165) is 11.8 Å². The molecule has 0 aromatic heterocycles. The van der Waals surface area contributed by atoms with Gasteiger partial charge in [0.05, 0.1) is 0 Å². The first-order chi connectivity index (χ1) is 7.68. The Hall–Kier alpha value is -1.53. The van der Waals surface area contributed by atoms with Gasteiger partial charge in [-0.15, -0.1) is 0 Å². The fraction of sp³-hybridized carbons (Fsp3) is 0.200. The molecule has 1 N–H and O–H groups in total. The second kappa shape index (κ2) is 4.54. The SMILES string of the molecule is O=S(=O)(NCc1ccccc1)C1=COCO1. The second-order valence-corrected chi connectivity index (χ2v) is 4.87. The van der Waals surface area contributed by atoms with Crippen LogP contribution < -0.4 is 4.72 Å². The Morgan fingerprint density at radius 2 is 2.00 bits per heavy atom. The average Bonchev–Trinajstić information content (AvgIpc) is 2.82. The maximum atomic E-state index is 11.6. The molecule has 6 heteroatoms. The molecule has 0 saturated carbocycles.